The first-order valence-electron chi connectivity index (χ1n) is 7.54. The topological polar surface area (TPSA) is 151 Å². The molecule has 4 N–H and O–H groups in total. The van der Waals surface area contributed by atoms with Crippen molar-refractivity contribution in [2.24, 2.45) is 0 Å². The monoisotopic (exact) mass is 355 g/mol. The van der Waals surface area contributed by atoms with Gasteiger partial charge in [0, 0.05) is 12.6 Å². The Morgan fingerprint density at radius 1 is 1.36 bits per heavy atom. The molecular formula is C15H21N3O7. The van der Waals surface area contributed by atoms with Crippen molar-refractivity contribution in [3.63, 3.8) is 0 Å². The lowest BCUT2D eigenvalue weighted by molar-refractivity contribution is -0.384. The van der Waals surface area contributed by atoms with Crippen molar-refractivity contribution in [2.75, 3.05) is 31.7 Å². The fourth-order valence-electron chi connectivity index (χ4n) is 2.00. The van der Waals surface area contributed by atoms with Gasteiger partial charge in [0.05, 0.1) is 31.2 Å². The van der Waals surface area contributed by atoms with Crippen molar-refractivity contribution in [1.82, 2.24) is 5.32 Å². The molecule has 1 aromatic carbocycles. The number of nitrogens with one attached hydrogen (secondary N) is 2. The fraction of sp³-hybridized carbons (Fsp3) is 0.467. The molecule has 0 saturated carbocycles. The largest absolute Gasteiger partial charge is 0.480 e. The van der Waals surface area contributed by atoms with Crippen LogP contribution in [0, 0.1) is 17.0 Å². The molecule has 0 heterocycles. The van der Waals surface area contributed by atoms with Gasteiger partial charge in [0.2, 0.25) is 5.91 Å². The van der Waals surface area contributed by atoms with Crippen LogP contribution >= 0.6 is 0 Å². The molecule has 10 heteroatoms. The Bertz CT molecular complexity index is 621. The summed E-state index contributed by atoms with van der Waals surface area (Å²) in [5, 5.41) is 33.7. The molecule has 0 aliphatic heterocycles. The standard InChI is InChI=1S/C15H21N3O7/c1-10-2-3-11(13(8-10)18(23)24)17-14(20)9-12(15(21)22)16-4-6-25-7-5-19/h2-3,8,12,16,19H,4-7,9H2,1H3,(H,17,20)(H,21,22)/t12-/m1/s1. The highest BCUT2D eigenvalue weighted by Gasteiger charge is 2.22. The molecule has 1 rings (SSSR count). The van der Waals surface area contributed by atoms with Gasteiger partial charge in [-0.1, -0.05) is 6.07 Å². The third-order valence-corrected chi connectivity index (χ3v) is 3.18. The Hall–Kier alpha value is -2.56. The van der Waals surface area contributed by atoms with Crippen LogP contribution in [0.15, 0.2) is 18.2 Å². The smallest absolute Gasteiger partial charge is 0.321 e. The number of nitrogens with zero attached hydrogens (tertiary/aromatic N) is 1. The van der Waals surface area contributed by atoms with E-state index in [2.05, 4.69) is 10.6 Å². The minimum absolute atomic E-state index is 0.0102. The van der Waals surface area contributed by atoms with Gasteiger partial charge in [-0.3, -0.25) is 19.7 Å². The molecule has 0 saturated heterocycles. The average Bonchev–Trinajstić information content (AvgIpc) is 2.54. The van der Waals surface area contributed by atoms with E-state index in [0.717, 1.165) is 0 Å². The lowest BCUT2D eigenvalue weighted by Gasteiger charge is -2.14. The van der Waals surface area contributed by atoms with E-state index in [1.54, 1.807) is 13.0 Å². The summed E-state index contributed by atoms with van der Waals surface area (Å²) in [5.41, 5.74) is 0.416. The van der Waals surface area contributed by atoms with E-state index in [9.17, 15) is 19.7 Å². The van der Waals surface area contributed by atoms with E-state index in [-0.39, 0.29) is 37.7 Å². The number of carbonyl (C=O) groups is 2. The number of amides is 1. The minimum Gasteiger partial charge on any atom is -0.480 e. The molecule has 1 aromatic rings. The number of aryl methyl sites for hydroxylation is 1. The second kappa shape index (κ2) is 10.3. The first-order valence-corrected chi connectivity index (χ1v) is 7.54. The molecule has 0 spiro atoms. The van der Waals surface area contributed by atoms with E-state index in [1.807, 2.05) is 0 Å². The van der Waals surface area contributed by atoms with E-state index in [1.165, 1.54) is 12.1 Å². The van der Waals surface area contributed by atoms with Crippen LogP contribution in [0.1, 0.15) is 12.0 Å². The number of hydrogen-bond donors (Lipinski definition) is 4. The summed E-state index contributed by atoms with van der Waals surface area (Å²) in [6, 6.07) is 3.16. The van der Waals surface area contributed by atoms with E-state index in [4.69, 9.17) is 14.9 Å². The molecule has 138 valence electrons. The molecule has 25 heavy (non-hydrogen) atoms. The molecule has 0 fully saturated rings. The number of nitro groups is 1. The number of benzene rings is 1. The zero-order valence-corrected chi connectivity index (χ0v) is 13.7. The number of rotatable bonds is 11. The summed E-state index contributed by atoms with van der Waals surface area (Å²) in [6.45, 7) is 2.03. The summed E-state index contributed by atoms with van der Waals surface area (Å²) in [7, 11) is 0. The Morgan fingerprint density at radius 2 is 2.08 bits per heavy atom. The summed E-state index contributed by atoms with van der Waals surface area (Å²) in [4.78, 5) is 33.6. The maximum absolute atomic E-state index is 12.0. The van der Waals surface area contributed by atoms with Crippen LogP contribution in [0.25, 0.3) is 0 Å². The molecule has 0 unspecified atom stereocenters. The van der Waals surface area contributed by atoms with Crippen LogP contribution in [0.4, 0.5) is 11.4 Å². The highest BCUT2D eigenvalue weighted by Crippen LogP contribution is 2.25. The summed E-state index contributed by atoms with van der Waals surface area (Å²) < 4.78 is 4.99. The molecule has 0 radical (unpaired) electrons. The molecule has 0 bridgehead atoms. The predicted octanol–water partition coefficient (Wildman–Crippen LogP) is 0.284. The Kier molecular flexibility index (Phi) is 8.47. The molecule has 0 aromatic heterocycles. The second-order valence-corrected chi connectivity index (χ2v) is 5.21. The Morgan fingerprint density at radius 3 is 2.68 bits per heavy atom. The van der Waals surface area contributed by atoms with Crippen LogP contribution in [-0.4, -0.2) is 59.4 Å². The number of hydrogen-bond acceptors (Lipinski definition) is 7. The number of carboxylic acid groups (broad SMARTS) is 1. The lowest BCUT2D eigenvalue weighted by Crippen LogP contribution is -2.41. The molecule has 1 amide bonds. The Balaban J connectivity index is 2.63. The number of aliphatic hydroxyl groups is 1. The van der Waals surface area contributed by atoms with Gasteiger partial charge in [-0.05, 0) is 18.6 Å². The number of carboxylic acids is 1. The Labute approximate surface area is 143 Å². The van der Waals surface area contributed by atoms with Crippen LogP contribution in [0.5, 0.6) is 0 Å². The number of nitro benzene ring substituents is 1. The molecule has 0 aliphatic rings. The quantitative estimate of drug-likeness (QED) is 0.251. The zero-order chi connectivity index (χ0) is 18.8. The van der Waals surface area contributed by atoms with Gasteiger partial charge in [-0.25, -0.2) is 0 Å². The number of aliphatic hydroxyl groups excluding tert-OH is 1. The highest BCUT2D eigenvalue weighted by molar-refractivity contribution is 5.95. The van der Waals surface area contributed by atoms with Crippen molar-refractivity contribution in [1.29, 1.82) is 0 Å². The number of anilines is 1. The summed E-state index contributed by atoms with van der Waals surface area (Å²) >= 11 is 0. The maximum atomic E-state index is 12.0. The van der Waals surface area contributed by atoms with Gasteiger partial charge >= 0.3 is 5.97 Å². The third-order valence-electron chi connectivity index (χ3n) is 3.18. The van der Waals surface area contributed by atoms with Crippen LogP contribution in [0.2, 0.25) is 0 Å². The number of carbonyl (C=O) groups excluding carboxylic acids is 1. The van der Waals surface area contributed by atoms with Gasteiger partial charge < -0.3 is 25.6 Å². The minimum atomic E-state index is -1.23. The van der Waals surface area contributed by atoms with Gasteiger partial charge in [0.15, 0.2) is 0 Å². The maximum Gasteiger partial charge on any atom is 0.321 e. The van der Waals surface area contributed by atoms with Crippen molar-refractivity contribution < 1.29 is 29.5 Å². The van der Waals surface area contributed by atoms with Gasteiger partial charge in [0.25, 0.3) is 5.69 Å². The van der Waals surface area contributed by atoms with Crippen LogP contribution in [0.3, 0.4) is 0 Å². The van der Waals surface area contributed by atoms with Crippen molar-refractivity contribution >= 4 is 23.3 Å². The lowest BCUT2D eigenvalue weighted by atomic mass is 10.1. The summed E-state index contributed by atoms with van der Waals surface area (Å²) in [5.74, 6) is -1.89. The second-order valence-electron chi connectivity index (χ2n) is 5.21. The average molecular weight is 355 g/mol. The first kappa shape index (κ1) is 20.5. The predicted molar refractivity (Wildman–Crippen MR) is 88.4 cm³/mol. The summed E-state index contributed by atoms with van der Waals surface area (Å²) in [6.07, 6.45) is -0.402. The number of ether oxygens (including phenoxy) is 1. The van der Waals surface area contributed by atoms with Crippen LogP contribution in [-0.2, 0) is 14.3 Å². The van der Waals surface area contributed by atoms with Crippen molar-refractivity contribution in [2.45, 2.75) is 19.4 Å². The fourth-order valence-corrected chi connectivity index (χ4v) is 2.00. The molecular weight excluding hydrogens is 334 g/mol. The molecule has 10 nitrogen and oxygen atoms in total. The van der Waals surface area contributed by atoms with E-state index < -0.39 is 29.3 Å². The third kappa shape index (κ3) is 7.25. The normalized spacial score (nSPS) is 11.8. The van der Waals surface area contributed by atoms with E-state index >= 15 is 0 Å². The van der Waals surface area contributed by atoms with Gasteiger partial charge in [-0.15, -0.1) is 0 Å². The molecule has 0 aliphatic carbocycles. The SMILES string of the molecule is Cc1ccc(NC(=O)C[C@@H](NCCOCCO)C(=O)O)c([N+](=O)[O-])c1. The highest BCUT2D eigenvalue weighted by atomic mass is 16.6. The van der Waals surface area contributed by atoms with E-state index in [0.29, 0.717) is 5.56 Å². The van der Waals surface area contributed by atoms with Crippen molar-refractivity contribution in [3.05, 3.63) is 33.9 Å². The van der Waals surface area contributed by atoms with Crippen LogP contribution < -0.4 is 10.6 Å². The first-order chi connectivity index (χ1) is 11.8. The van der Waals surface area contributed by atoms with Gasteiger partial charge in [-0.2, -0.15) is 0 Å². The number of aliphatic carboxylic acids is 1. The zero-order valence-electron chi connectivity index (χ0n) is 13.7. The molecule has 1 atom stereocenters. The van der Waals surface area contributed by atoms with Crippen molar-refractivity contribution in [3.8, 4) is 0 Å². The van der Waals surface area contributed by atoms with Gasteiger partial charge in [0.1, 0.15) is 11.7 Å².